The average molecular weight is 429 g/mol. The van der Waals surface area contributed by atoms with Gasteiger partial charge >= 0.3 is 0 Å². The first kappa shape index (κ1) is 19.4. The molecule has 0 N–H and O–H groups in total. The van der Waals surface area contributed by atoms with Crippen molar-refractivity contribution in [3.63, 3.8) is 0 Å². The predicted molar refractivity (Wildman–Crippen MR) is 95.9 cm³/mol. The lowest BCUT2D eigenvalue weighted by Crippen LogP contribution is -2.13. The largest absolute Gasteiger partial charge is 0.496 e. The summed E-state index contributed by atoms with van der Waals surface area (Å²) in [6, 6.07) is 9.45. The Morgan fingerprint density at radius 3 is 2.36 bits per heavy atom. The predicted octanol–water partition coefficient (Wildman–Crippen LogP) is 3.36. The molecule has 2 aromatic carbocycles. The van der Waals surface area contributed by atoms with E-state index >= 15 is 0 Å². The molecule has 0 saturated heterocycles. The Kier molecular flexibility index (Phi) is 6.57. The maximum absolute atomic E-state index is 12.1. The standard InChI is InChI=1S/C17H17BrO6S/c1-12-3-5-14(6-4-12)25(20,21)24-8-7-23-16-10-15(18)17(22-2)9-13(16)11-19/h3-6,9-11H,7-8H2,1-2H3. The lowest BCUT2D eigenvalue weighted by molar-refractivity contribution is 0.111. The van der Waals surface area contributed by atoms with Gasteiger partial charge in [-0.2, -0.15) is 8.42 Å². The topological polar surface area (TPSA) is 78.9 Å². The number of methoxy groups -OCH3 is 1. The highest BCUT2D eigenvalue weighted by Gasteiger charge is 2.15. The molecule has 0 atom stereocenters. The smallest absolute Gasteiger partial charge is 0.297 e. The van der Waals surface area contributed by atoms with Crippen LogP contribution in [0.5, 0.6) is 11.5 Å². The molecule has 0 amide bonds. The molecule has 0 heterocycles. The van der Waals surface area contributed by atoms with Crippen molar-refractivity contribution in [2.45, 2.75) is 11.8 Å². The molecule has 0 fully saturated rings. The van der Waals surface area contributed by atoms with E-state index in [9.17, 15) is 13.2 Å². The summed E-state index contributed by atoms with van der Waals surface area (Å²) in [5, 5.41) is 0. The van der Waals surface area contributed by atoms with E-state index in [2.05, 4.69) is 15.9 Å². The first-order valence-electron chi connectivity index (χ1n) is 7.29. The zero-order chi connectivity index (χ0) is 18.4. The fourth-order valence-corrected chi connectivity index (χ4v) is 3.37. The summed E-state index contributed by atoms with van der Waals surface area (Å²) < 4.78 is 40.2. The van der Waals surface area contributed by atoms with Crippen molar-refractivity contribution in [1.29, 1.82) is 0 Å². The Balaban J connectivity index is 1.98. The van der Waals surface area contributed by atoms with E-state index in [1.807, 2.05) is 6.92 Å². The highest BCUT2D eigenvalue weighted by Crippen LogP contribution is 2.32. The second-order valence-corrected chi connectivity index (χ2v) is 7.55. The SMILES string of the molecule is COc1cc(C=O)c(OCCOS(=O)(=O)c2ccc(C)cc2)cc1Br. The molecule has 6 nitrogen and oxygen atoms in total. The molecule has 0 bridgehead atoms. The van der Waals surface area contributed by atoms with E-state index < -0.39 is 10.1 Å². The molecule has 2 aromatic rings. The van der Waals surface area contributed by atoms with Gasteiger partial charge in [-0.05, 0) is 47.1 Å². The summed E-state index contributed by atoms with van der Waals surface area (Å²) in [5.41, 5.74) is 1.25. The van der Waals surface area contributed by atoms with Crippen LogP contribution in [0.1, 0.15) is 15.9 Å². The van der Waals surface area contributed by atoms with Gasteiger partial charge in [-0.15, -0.1) is 0 Å². The number of halogens is 1. The summed E-state index contributed by atoms with van der Waals surface area (Å²) in [6.45, 7) is 1.64. The summed E-state index contributed by atoms with van der Waals surface area (Å²) in [4.78, 5) is 11.2. The van der Waals surface area contributed by atoms with Gasteiger partial charge < -0.3 is 9.47 Å². The van der Waals surface area contributed by atoms with Gasteiger partial charge in [-0.25, -0.2) is 0 Å². The zero-order valence-electron chi connectivity index (χ0n) is 13.7. The highest BCUT2D eigenvalue weighted by atomic mass is 79.9. The van der Waals surface area contributed by atoms with Crippen LogP contribution < -0.4 is 9.47 Å². The van der Waals surface area contributed by atoms with Crippen molar-refractivity contribution in [3.05, 3.63) is 52.0 Å². The molecule has 8 heteroatoms. The fourth-order valence-electron chi connectivity index (χ4n) is 1.99. The van der Waals surface area contributed by atoms with Crippen LogP contribution in [0, 0.1) is 6.92 Å². The van der Waals surface area contributed by atoms with Crippen molar-refractivity contribution in [1.82, 2.24) is 0 Å². The van der Waals surface area contributed by atoms with Crippen molar-refractivity contribution < 1.29 is 26.9 Å². The first-order valence-corrected chi connectivity index (χ1v) is 9.49. The third-order valence-corrected chi connectivity index (χ3v) is 5.25. The summed E-state index contributed by atoms with van der Waals surface area (Å²) in [7, 11) is -2.36. The Labute approximate surface area is 155 Å². The minimum Gasteiger partial charge on any atom is -0.496 e. The Morgan fingerprint density at radius 1 is 1.08 bits per heavy atom. The number of hydrogen-bond donors (Lipinski definition) is 0. The maximum atomic E-state index is 12.1. The van der Waals surface area contributed by atoms with Crippen LogP contribution in [-0.2, 0) is 14.3 Å². The molecule has 0 unspecified atom stereocenters. The van der Waals surface area contributed by atoms with Crippen LogP contribution in [0.2, 0.25) is 0 Å². The van der Waals surface area contributed by atoms with E-state index in [1.165, 1.54) is 25.3 Å². The zero-order valence-corrected chi connectivity index (χ0v) is 16.1. The number of benzene rings is 2. The average Bonchev–Trinajstić information content (AvgIpc) is 2.59. The molecule has 2 rings (SSSR count). The monoisotopic (exact) mass is 428 g/mol. The van der Waals surface area contributed by atoms with Crippen molar-refractivity contribution in [3.8, 4) is 11.5 Å². The molecule has 0 aliphatic carbocycles. The highest BCUT2D eigenvalue weighted by molar-refractivity contribution is 9.10. The minimum atomic E-state index is -3.84. The van der Waals surface area contributed by atoms with Crippen molar-refractivity contribution in [2.24, 2.45) is 0 Å². The normalized spacial score (nSPS) is 11.2. The van der Waals surface area contributed by atoms with Crippen LogP contribution in [-0.4, -0.2) is 35.0 Å². The van der Waals surface area contributed by atoms with Crippen LogP contribution in [0.4, 0.5) is 0 Å². The van der Waals surface area contributed by atoms with Gasteiger partial charge in [0, 0.05) is 0 Å². The third kappa shape index (κ3) is 5.04. The Hall–Kier alpha value is -1.90. The van der Waals surface area contributed by atoms with Gasteiger partial charge in [0.25, 0.3) is 10.1 Å². The number of ether oxygens (including phenoxy) is 2. The van der Waals surface area contributed by atoms with Gasteiger partial charge in [-0.3, -0.25) is 8.98 Å². The number of carbonyl (C=O) groups excluding carboxylic acids is 1. The fraction of sp³-hybridized carbons (Fsp3) is 0.235. The molecule has 0 aromatic heterocycles. The number of aldehydes is 1. The summed E-state index contributed by atoms with van der Waals surface area (Å²) in [6.07, 6.45) is 0.633. The molecular weight excluding hydrogens is 412 g/mol. The number of aryl methyl sites for hydroxylation is 1. The molecule has 0 radical (unpaired) electrons. The van der Waals surface area contributed by atoms with E-state index in [0.29, 0.717) is 27.8 Å². The first-order chi connectivity index (χ1) is 11.9. The molecule has 0 saturated carbocycles. The molecule has 25 heavy (non-hydrogen) atoms. The Bertz CT molecular complexity index is 846. The number of hydrogen-bond acceptors (Lipinski definition) is 6. The van der Waals surface area contributed by atoms with Crippen LogP contribution in [0.15, 0.2) is 45.8 Å². The second-order valence-electron chi connectivity index (χ2n) is 5.08. The molecule has 134 valence electrons. The lowest BCUT2D eigenvalue weighted by Gasteiger charge is -2.12. The number of rotatable bonds is 8. The minimum absolute atomic E-state index is 0.0370. The van der Waals surface area contributed by atoms with E-state index in [0.717, 1.165) is 5.56 Å². The molecule has 0 aliphatic rings. The van der Waals surface area contributed by atoms with Gasteiger partial charge in [0.1, 0.15) is 24.7 Å². The van der Waals surface area contributed by atoms with E-state index in [1.54, 1.807) is 18.2 Å². The van der Waals surface area contributed by atoms with Crippen LogP contribution >= 0.6 is 15.9 Å². The third-order valence-electron chi connectivity index (χ3n) is 3.30. The van der Waals surface area contributed by atoms with Crippen LogP contribution in [0.3, 0.4) is 0 Å². The quantitative estimate of drug-likeness (QED) is 0.364. The van der Waals surface area contributed by atoms with Gasteiger partial charge in [-0.1, -0.05) is 17.7 Å². The van der Waals surface area contributed by atoms with Gasteiger partial charge in [0.05, 0.1) is 22.0 Å². The van der Waals surface area contributed by atoms with Gasteiger partial charge in [0.2, 0.25) is 0 Å². The molecule has 0 spiro atoms. The Morgan fingerprint density at radius 2 is 1.76 bits per heavy atom. The van der Waals surface area contributed by atoms with Crippen molar-refractivity contribution >= 4 is 32.3 Å². The van der Waals surface area contributed by atoms with E-state index in [-0.39, 0.29) is 18.1 Å². The number of carbonyl (C=O) groups is 1. The van der Waals surface area contributed by atoms with Gasteiger partial charge in [0.15, 0.2) is 6.29 Å². The van der Waals surface area contributed by atoms with Crippen LogP contribution in [0.25, 0.3) is 0 Å². The molecular formula is C17H17BrO6S. The maximum Gasteiger partial charge on any atom is 0.297 e. The molecule has 0 aliphatic heterocycles. The van der Waals surface area contributed by atoms with E-state index in [4.69, 9.17) is 13.7 Å². The second kappa shape index (κ2) is 8.46. The van der Waals surface area contributed by atoms with Crippen molar-refractivity contribution in [2.75, 3.05) is 20.3 Å². The lowest BCUT2D eigenvalue weighted by atomic mass is 10.2. The summed E-state index contributed by atoms with van der Waals surface area (Å²) >= 11 is 3.30. The summed E-state index contributed by atoms with van der Waals surface area (Å²) in [5.74, 6) is 0.798.